The van der Waals surface area contributed by atoms with Crippen LogP contribution in [0, 0.1) is 0 Å². The average Bonchev–Trinajstić information content (AvgIpc) is 2.83. The molecule has 1 aromatic carbocycles. The van der Waals surface area contributed by atoms with E-state index < -0.39 is 0 Å². The van der Waals surface area contributed by atoms with Gasteiger partial charge in [-0.25, -0.2) is 9.97 Å². The smallest absolute Gasteiger partial charge is 0.136 e. The molecule has 0 aliphatic heterocycles. The number of halogens is 3. The monoisotopic (exact) mass is 312 g/mol. The molecular weight excluding hydrogens is 303 g/mol. The summed E-state index contributed by atoms with van der Waals surface area (Å²) in [5, 5.41) is 1.83. The molecule has 0 N–H and O–H groups in total. The predicted molar refractivity (Wildman–Crippen MR) is 78.3 cm³/mol. The Kier molecular flexibility index (Phi) is 3.66. The second-order valence-electron chi connectivity index (χ2n) is 4.59. The Labute approximate surface area is 126 Å². The molecule has 19 heavy (non-hydrogen) atoms. The van der Waals surface area contributed by atoms with Gasteiger partial charge in [-0.3, -0.25) is 0 Å². The third-order valence-corrected chi connectivity index (χ3v) is 4.35. The Hall–Kier alpha value is -0.830. The molecular formula is C14H11Cl3N2. The topological polar surface area (TPSA) is 25.8 Å². The fourth-order valence-corrected chi connectivity index (χ4v) is 3.21. The minimum Gasteiger partial charge on any atom is -0.237 e. The molecule has 0 fully saturated rings. The van der Waals surface area contributed by atoms with E-state index in [0.29, 0.717) is 27.4 Å². The van der Waals surface area contributed by atoms with Crippen molar-refractivity contribution in [3.8, 4) is 0 Å². The molecule has 1 aliphatic rings. The van der Waals surface area contributed by atoms with Crippen molar-refractivity contribution in [3.63, 3.8) is 0 Å². The maximum Gasteiger partial charge on any atom is 0.136 e. The van der Waals surface area contributed by atoms with Gasteiger partial charge in [-0.15, -0.1) is 0 Å². The molecule has 0 amide bonds. The molecule has 0 atom stereocenters. The number of nitrogens with zero attached hydrogens (tertiary/aromatic N) is 2. The lowest BCUT2D eigenvalue weighted by Gasteiger charge is -2.08. The molecule has 0 bridgehead atoms. The van der Waals surface area contributed by atoms with Gasteiger partial charge < -0.3 is 0 Å². The molecule has 0 radical (unpaired) electrons. The van der Waals surface area contributed by atoms with Crippen LogP contribution in [-0.4, -0.2) is 9.97 Å². The molecule has 2 aromatic rings. The van der Waals surface area contributed by atoms with Gasteiger partial charge in [-0.1, -0.05) is 40.9 Å². The summed E-state index contributed by atoms with van der Waals surface area (Å²) in [6.45, 7) is 0. The first-order valence-electron chi connectivity index (χ1n) is 6.12. The maximum absolute atomic E-state index is 6.20. The van der Waals surface area contributed by atoms with Crippen LogP contribution in [0.4, 0.5) is 0 Å². The highest BCUT2D eigenvalue weighted by atomic mass is 35.5. The van der Waals surface area contributed by atoms with Crippen molar-refractivity contribution in [1.82, 2.24) is 9.97 Å². The van der Waals surface area contributed by atoms with Crippen LogP contribution in [0.3, 0.4) is 0 Å². The van der Waals surface area contributed by atoms with Crippen molar-refractivity contribution in [2.75, 3.05) is 0 Å². The molecule has 98 valence electrons. The molecule has 0 unspecified atom stereocenters. The lowest BCUT2D eigenvalue weighted by molar-refractivity contribution is 0.885. The molecule has 3 rings (SSSR count). The maximum atomic E-state index is 6.20. The van der Waals surface area contributed by atoms with E-state index in [1.54, 1.807) is 0 Å². The van der Waals surface area contributed by atoms with Gasteiger partial charge in [0.2, 0.25) is 0 Å². The molecule has 1 aromatic heterocycles. The number of benzene rings is 1. The second kappa shape index (κ2) is 5.28. The van der Waals surface area contributed by atoms with E-state index in [2.05, 4.69) is 9.97 Å². The van der Waals surface area contributed by atoms with Crippen molar-refractivity contribution >= 4 is 34.8 Å². The van der Waals surface area contributed by atoms with E-state index in [4.69, 9.17) is 34.8 Å². The van der Waals surface area contributed by atoms with E-state index in [9.17, 15) is 0 Å². The van der Waals surface area contributed by atoms with Crippen LogP contribution in [0.25, 0.3) is 0 Å². The van der Waals surface area contributed by atoms with Gasteiger partial charge in [-0.2, -0.15) is 0 Å². The number of fused-ring (bicyclic) bond motifs is 1. The lowest BCUT2D eigenvalue weighted by Crippen LogP contribution is -2.03. The lowest BCUT2D eigenvalue weighted by atomic mass is 10.1. The Balaban J connectivity index is 1.98. The van der Waals surface area contributed by atoms with Gasteiger partial charge in [0.15, 0.2) is 0 Å². The molecule has 1 heterocycles. The number of aromatic nitrogens is 2. The first-order chi connectivity index (χ1) is 9.15. The van der Waals surface area contributed by atoms with E-state index in [1.165, 1.54) is 0 Å². The summed E-state index contributed by atoms with van der Waals surface area (Å²) in [6.07, 6.45) is 3.55. The van der Waals surface area contributed by atoms with Gasteiger partial charge in [0, 0.05) is 27.7 Å². The molecule has 0 spiro atoms. The van der Waals surface area contributed by atoms with Crippen LogP contribution in [0.15, 0.2) is 18.2 Å². The summed E-state index contributed by atoms with van der Waals surface area (Å²) < 4.78 is 0. The number of hydrogen-bond donors (Lipinski definition) is 0. The zero-order valence-corrected chi connectivity index (χ0v) is 12.4. The molecule has 1 aliphatic carbocycles. The molecule has 0 saturated carbocycles. The summed E-state index contributed by atoms with van der Waals surface area (Å²) in [7, 11) is 0. The van der Waals surface area contributed by atoms with Crippen molar-refractivity contribution in [2.24, 2.45) is 0 Å². The zero-order valence-electron chi connectivity index (χ0n) is 10.1. The van der Waals surface area contributed by atoms with Gasteiger partial charge in [0.1, 0.15) is 11.0 Å². The number of aryl methyl sites for hydroxylation is 1. The highest BCUT2D eigenvalue weighted by Gasteiger charge is 2.19. The van der Waals surface area contributed by atoms with E-state index in [0.717, 1.165) is 36.1 Å². The van der Waals surface area contributed by atoms with Crippen LogP contribution in [-0.2, 0) is 19.3 Å². The van der Waals surface area contributed by atoms with Gasteiger partial charge in [0.25, 0.3) is 0 Å². The van der Waals surface area contributed by atoms with Gasteiger partial charge in [0.05, 0.1) is 0 Å². The normalized spacial score (nSPS) is 13.6. The highest BCUT2D eigenvalue weighted by molar-refractivity contribution is 6.36. The van der Waals surface area contributed by atoms with Crippen LogP contribution >= 0.6 is 34.8 Å². The quantitative estimate of drug-likeness (QED) is 0.762. The van der Waals surface area contributed by atoms with Gasteiger partial charge >= 0.3 is 0 Å². The highest BCUT2D eigenvalue weighted by Crippen LogP contribution is 2.29. The van der Waals surface area contributed by atoms with Crippen LogP contribution in [0.2, 0.25) is 15.2 Å². The first-order valence-corrected chi connectivity index (χ1v) is 7.25. The molecule has 2 nitrogen and oxygen atoms in total. The average molecular weight is 314 g/mol. The second-order valence-corrected chi connectivity index (χ2v) is 5.76. The number of rotatable bonds is 2. The summed E-state index contributed by atoms with van der Waals surface area (Å²) in [4.78, 5) is 8.94. The standard InChI is InChI=1S/C14H11Cl3N2/c15-10-4-2-5-11(16)9(10)7-13-18-12-6-1-3-8(12)14(17)19-13/h2,4-5H,1,3,6-7H2. The van der Waals surface area contributed by atoms with Crippen LogP contribution in [0.1, 0.15) is 29.1 Å². The SMILES string of the molecule is Clc1cccc(Cl)c1Cc1nc(Cl)c2c(n1)CCC2. The van der Waals surface area contributed by atoms with E-state index in [-0.39, 0.29) is 0 Å². The van der Waals surface area contributed by atoms with Crippen molar-refractivity contribution in [1.29, 1.82) is 0 Å². The summed E-state index contributed by atoms with van der Waals surface area (Å²) in [5.74, 6) is 0.681. The Morgan fingerprint density at radius 2 is 1.74 bits per heavy atom. The summed E-state index contributed by atoms with van der Waals surface area (Å²) in [6, 6.07) is 5.46. The van der Waals surface area contributed by atoms with Crippen molar-refractivity contribution in [2.45, 2.75) is 25.7 Å². The largest absolute Gasteiger partial charge is 0.237 e. The molecule has 0 saturated heterocycles. The number of hydrogen-bond acceptors (Lipinski definition) is 2. The zero-order chi connectivity index (χ0) is 13.4. The summed E-state index contributed by atoms with van der Waals surface area (Å²) >= 11 is 18.5. The Morgan fingerprint density at radius 3 is 2.47 bits per heavy atom. The minimum atomic E-state index is 0.505. The fraction of sp³-hybridized carbons (Fsp3) is 0.286. The van der Waals surface area contributed by atoms with Crippen molar-refractivity contribution in [3.05, 3.63) is 56.0 Å². The fourth-order valence-electron chi connectivity index (χ4n) is 2.37. The van der Waals surface area contributed by atoms with Crippen LogP contribution < -0.4 is 0 Å². The van der Waals surface area contributed by atoms with Crippen LogP contribution in [0.5, 0.6) is 0 Å². The van der Waals surface area contributed by atoms with E-state index >= 15 is 0 Å². The Morgan fingerprint density at radius 1 is 1.00 bits per heavy atom. The third-order valence-electron chi connectivity index (χ3n) is 3.33. The third kappa shape index (κ3) is 2.58. The first kappa shape index (κ1) is 13.2. The molecule has 5 heteroatoms. The van der Waals surface area contributed by atoms with Crippen molar-refractivity contribution < 1.29 is 0 Å². The minimum absolute atomic E-state index is 0.505. The predicted octanol–water partition coefficient (Wildman–Crippen LogP) is 4.52. The van der Waals surface area contributed by atoms with Gasteiger partial charge in [-0.05, 0) is 37.0 Å². The summed E-state index contributed by atoms with van der Waals surface area (Å²) in [5.41, 5.74) is 3.01. The Bertz CT molecular complexity index is 621. The van der Waals surface area contributed by atoms with E-state index in [1.807, 2.05) is 18.2 Å².